The van der Waals surface area contributed by atoms with E-state index in [1.807, 2.05) is 43.0 Å². The van der Waals surface area contributed by atoms with Gasteiger partial charge in [0.05, 0.1) is 11.5 Å². The topological polar surface area (TPSA) is 64.3 Å². The molecule has 0 saturated heterocycles. The standard InChI is InChI=1S/C15H18N2O2/c1-15(2,10-16)7-8-17-12-6-4-3-5-11(12)9-13(17)14(18)19/h3-6,13H,7-9H2,1-2H3,(H,18,19). The SMILES string of the molecule is CC(C)(C#N)CCN1c2ccccc2CC1C(=O)O. The van der Waals surface area contributed by atoms with Gasteiger partial charge in [-0.25, -0.2) is 4.79 Å². The zero-order valence-electron chi connectivity index (χ0n) is 11.3. The molecule has 0 aromatic heterocycles. The molecule has 4 heteroatoms. The number of fused-ring (bicyclic) bond motifs is 1. The van der Waals surface area contributed by atoms with E-state index < -0.39 is 17.4 Å². The number of nitrogens with zero attached hydrogens (tertiary/aromatic N) is 2. The Bertz CT molecular complexity index is 531. The summed E-state index contributed by atoms with van der Waals surface area (Å²) in [5, 5.41) is 18.4. The van der Waals surface area contributed by atoms with Crippen molar-refractivity contribution < 1.29 is 9.90 Å². The van der Waals surface area contributed by atoms with Gasteiger partial charge in [0.15, 0.2) is 0 Å². The van der Waals surface area contributed by atoms with Crippen molar-refractivity contribution in [3.05, 3.63) is 29.8 Å². The van der Waals surface area contributed by atoms with Gasteiger partial charge in [-0.2, -0.15) is 5.26 Å². The molecule has 0 fully saturated rings. The quantitative estimate of drug-likeness (QED) is 0.901. The molecule has 19 heavy (non-hydrogen) atoms. The zero-order valence-corrected chi connectivity index (χ0v) is 11.3. The molecule has 0 saturated carbocycles. The van der Waals surface area contributed by atoms with Gasteiger partial charge in [0.1, 0.15) is 6.04 Å². The molecule has 1 aliphatic heterocycles. The highest BCUT2D eigenvalue weighted by atomic mass is 16.4. The first-order valence-electron chi connectivity index (χ1n) is 6.43. The molecule has 0 spiro atoms. The number of aliphatic carboxylic acids is 1. The molecule has 1 heterocycles. The van der Waals surface area contributed by atoms with Crippen LogP contribution in [0.5, 0.6) is 0 Å². The van der Waals surface area contributed by atoms with Gasteiger partial charge in [0.25, 0.3) is 0 Å². The normalized spacial score (nSPS) is 17.9. The van der Waals surface area contributed by atoms with Crippen LogP contribution < -0.4 is 4.90 Å². The van der Waals surface area contributed by atoms with E-state index in [2.05, 4.69) is 6.07 Å². The molecule has 4 nitrogen and oxygen atoms in total. The van der Waals surface area contributed by atoms with Crippen LogP contribution in [0.3, 0.4) is 0 Å². The summed E-state index contributed by atoms with van der Waals surface area (Å²) in [6, 6.07) is 9.53. The number of anilines is 1. The maximum absolute atomic E-state index is 11.4. The Hall–Kier alpha value is -2.02. The van der Waals surface area contributed by atoms with E-state index in [0.717, 1.165) is 11.3 Å². The number of nitriles is 1. The summed E-state index contributed by atoms with van der Waals surface area (Å²) in [7, 11) is 0. The number of carbonyl (C=O) groups is 1. The van der Waals surface area contributed by atoms with Crippen molar-refractivity contribution >= 4 is 11.7 Å². The van der Waals surface area contributed by atoms with Crippen molar-refractivity contribution in [2.45, 2.75) is 32.7 Å². The van der Waals surface area contributed by atoms with E-state index in [0.29, 0.717) is 19.4 Å². The summed E-state index contributed by atoms with van der Waals surface area (Å²) in [4.78, 5) is 13.3. The maximum atomic E-state index is 11.4. The fraction of sp³-hybridized carbons (Fsp3) is 0.467. The van der Waals surface area contributed by atoms with Crippen LogP contribution in [0.15, 0.2) is 24.3 Å². The molecule has 1 unspecified atom stereocenters. The first-order chi connectivity index (χ1) is 8.94. The number of para-hydroxylation sites is 1. The third-order valence-corrected chi connectivity index (χ3v) is 3.66. The maximum Gasteiger partial charge on any atom is 0.326 e. The van der Waals surface area contributed by atoms with Crippen LogP contribution in [0.1, 0.15) is 25.8 Å². The fourth-order valence-corrected chi connectivity index (χ4v) is 2.40. The average molecular weight is 258 g/mol. The van der Waals surface area contributed by atoms with Gasteiger partial charge < -0.3 is 10.0 Å². The molecular weight excluding hydrogens is 240 g/mol. The molecule has 0 radical (unpaired) electrons. The highest BCUT2D eigenvalue weighted by Crippen LogP contribution is 2.33. The van der Waals surface area contributed by atoms with Gasteiger partial charge in [-0.05, 0) is 31.9 Å². The Morgan fingerprint density at radius 3 is 2.84 bits per heavy atom. The van der Waals surface area contributed by atoms with E-state index >= 15 is 0 Å². The lowest BCUT2D eigenvalue weighted by Crippen LogP contribution is -2.40. The van der Waals surface area contributed by atoms with Crippen LogP contribution in [-0.2, 0) is 11.2 Å². The predicted molar refractivity (Wildman–Crippen MR) is 72.9 cm³/mol. The number of hydrogen-bond acceptors (Lipinski definition) is 3. The van der Waals surface area contributed by atoms with Crippen molar-refractivity contribution in [1.82, 2.24) is 0 Å². The van der Waals surface area contributed by atoms with Crippen LogP contribution in [0.2, 0.25) is 0 Å². The van der Waals surface area contributed by atoms with Crippen molar-refractivity contribution in [2.24, 2.45) is 5.41 Å². The minimum Gasteiger partial charge on any atom is -0.480 e. The smallest absolute Gasteiger partial charge is 0.326 e. The number of benzene rings is 1. The Morgan fingerprint density at radius 2 is 2.21 bits per heavy atom. The molecule has 1 aromatic carbocycles. The Morgan fingerprint density at radius 1 is 1.53 bits per heavy atom. The Labute approximate surface area is 113 Å². The monoisotopic (exact) mass is 258 g/mol. The average Bonchev–Trinajstić information content (AvgIpc) is 2.75. The van der Waals surface area contributed by atoms with Crippen LogP contribution >= 0.6 is 0 Å². The molecule has 1 N–H and O–H groups in total. The predicted octanol–water partition coefficient (Wildman–Crippen LogP) is 2.44. The number of carboxylic acids is 1. The van der Waals surface area contributed by atoms with Gasteiger partial charge in [-0.3, -0.25) is 0 Å². The first kappa shape index (κ1) is 13.4. The minimum absolute atomic E-state index is 0.430. The zero-order chi connectivity index (χ0) is 14.0. The Balaban J connectivity index is 2.21. The highest BCUT2D eigenvalue weighted by Gasteiger charge is 2.34. The summed E-state index contributed by atoms with van der Waals surface area (Å²) < 4.78 is 0. The second-order valence-electron chi connectivity index (χ2n) is 5.63. The molecule has 0 aliphatic carbocycles. The van der Waals surface area contributed by atoms with Gasteiger partial charge in [0, 0.05) is 18.7 Å². The van der Waals surface area contributed by atoms with Gasteiger partial charge in [-0.15, -0.1) is 0 Å². The molecule has 1 aliphatic rings. The van der Waals surface area contributed by atoms with Crippen LogP contribution in [0, 0.1) is 16.7 Å². The first-order valence-corrected chi connectivity index (χ1v) is 6.43. The van der Waals surface area contributed by atoms with Crippen molar-refractivity contribution in [1.29, 1.82) is 5.26 Å². The lowest BCUT2D eigenvalue weighted by molar-refractivity contribution is -0.138. The number of carboxylic acid groups (broad SMARTS) is 1. The van der Waals surface area contributed by atoms with E-state index in [9.17, 15) is 9.90 Å². The van der Waals surface area contributed by atoms with E-state index in [4.69, 9.17) is 5.26 Å². The largest absolute Gasteiger partial charge is 0.480 e. The van der Waals surface area contributed by atoms with Crippen LogP contribution in [0.25, 0.3) is 0 Å². The minimum atomic E-state index is -0.800. The van der Waals surface area contributed by atoms with Crippen molar-refractivity contribution in [3.8, 4) is 6.07 Å². The van der Waals surface area contributed by atoms with Crippen LogP contribution in [-0.4, -0.2) is 23.7 Å². The lowest BCUT2D eigenvalue weighted by Gasteiger charge is -2.27. The van der Waals surface area contributed by atoms with Gasteiger partial charge in [-0.1, -0.05) is 18.2 Å². The van der Waals surface area contributed by atoms with E-state index in [1.165, 1.54) is 0 Å². The summed E-state index contributed by atoms with van der Waals surface area (Å²) in [6.07, 6.45) is 1.19. The summed E-state index contributed by atoms with van der Waals surface area (Å²) in [6.45, 7) is 4.35. The lowest BCUT2D eigenvalue weighted by atomic mass is 9.91. The summed E-state index contributed by atoms with van der Waals surface area (Å²) >= 11 is 0. The second kappa shape index (κ2) is 4.93. The third-order valence-electron chi connectivity index (χ3n) is 3.66. The Kier molecular flexibility index (Phi) is 3.48. The van der Waals surface area contributed by atoms with Gasteiger partial charge in [0.2, 0.25) is 0 Å². The van der Waals surface area contributed by atoms with Crippen molar-refractivity contribution in [3.63, 3.8) is 0 Å². The second-order valence-corrected chi connectivity index (χ2v) is 5.63. The number of rotatable bonds is 4. The number of hydrogen-bond donors (Lipinski definition) is 1. The molecule has 0 bridgehead atoms. The molecule has 0 amide bonds. The summed E-state index contributed by atoms with van der Waals surface area (Å²) in [5.41, 5.74) is 1.63. The van der Waals surface area contributed by atoms with E-state index in [1.54, 1.807) is 0 Å². The summed E-state index contributed by atoms with van der Waals surface area (Å²) in [5.74, 6) is -0.800. The molecule has 1 aromatic rings. The van der Waals surface area contributed by atoms with Gasteiger partial charge >= 0.3 is 5.97 Å². The fourth-order valence-electron chi connectivity index (χ4n) is 2.40. The van der Waals surface area contributed by atoms with E-state index in [-0.39, 0.29) is 0 Å². The van der Waals surface area contributed by atoms with Crippen molar-refractivity contribution in [2.75, 3.05) is 11.4 Å². The molecule has 100 valence electrons. The molecule has 2 rings (SSSR count). The molecule has 1 atom stereocenters. The molecular formula is C15H18N2O2. The van der Waals surface area contributed by atoms with Crippen LogP contribution in [0.4, 0.5) is 5.69 Å². The third kappa shape index (κ3) is 2.70. The highest BCUT2D eigenvalue weighted by molar-refractivity contribution is 5.82.